The van der Waals surface area contributed by atoms with Crippen molar-refractivity contribution in [2.75, 3.05) is 26.2 Å². The first-order valence-corrected chi connectivity index (χ1v) is 10.1. The molecule has 0 aliphatic carbocycles. The lowest BCUT2D eigenvalue weighted by molar-refractivity contribution is 0.0950. The summed E-state index contributed by atoms with van der Waals surface area (Å²) < 4.78 is 14.7. The number of benzene rings is 2. The van der Waals surface area contributed by atoms with Gasteiger partial charge < -0.3 is 5.32 Å². The molecule has 5 rings (SSSR count). The second-order valence-electron chi connectivity index (χ2n) is 7.69. The van der Waals surface area contributed by atoms with Crippen molar-refractivity contribution in [3.63, 3.8) is 0 Å². The monoisotopic (exact) mass is 404 g/mol. The van der Waals surface area contributed by atoms with Gasteiger partial charge in [0.05, 0.1) is 16.5 Å². The molecular weight excluding hydrogens is 383 g/mol. The van der Waals surface area contributed by atoms with E-state index in [1.165, 1.54) is 4.40 Å². The molecule has 152 valence electrons. The van der Waals surface area contributed by atoms with Gasteiger partial charge in [-0.25, -0.2) is 9.37 Å². The summed E-state index contributed by atoms with van der Waals surface area (Å²) in [4.78, 5) is 32.5. The zero-order valence-electron chi connectivity index (χ0n) is 16.3. The van der Waals surface area contributed by atoms with Gasteiger partial charge in [-0.2, -0.15) is 0 Å². The number of amides is 1. The Morgan fingerprint density at radius 3 is 2.73 bits per heavy atom. The zero-order chi connectivity index (χ0) is 20.7. The van der Waals surface area contributed by atoms with Crippen LogP contribution in [0.2, 0.25) is 0 Å². The second kappa shape index (κ2) is 7.50. The number of carbonyl (C=O) groups excluding carboxylic acids is 1. The summed E-state index contributed by atoms with van der Waals surface area (Å²) >= 11 is 0. The molecular formula is C23H21FN4O2. The molecule has 6 nitrogen and oxygen atoms in total. The van der Waals surface area contributed by atoms with Gasteiger partial charge in [0.1, 0.15) is 6.17 Å². The largest absolute Gasteiger partial charge is 0.351 e. The summed E-state index contributed by atoms with van der Waals surface area (Å²) in [7, 11) is 0. The van der Waals surface area contributed by atoms with Gasteiger partial charge in [0.25, 0.3) is 11.5 Å². The third kappa shape index (κ3) is 3.31. The molecule has 0 bridgehead atoms. The minimum atomic E-state index is -0.779. The van der Waals surface area contributed by atoms with Gasteiger partial charge in [-0.3, -0.25) is 18.9 Å². The Balaban J connectivity index is 1.50. The van der Waals surface area contributed by atoms with Gasteiger partial charge in [0.15, 0.2) is 5.65 Å². The highest BCUT2D eigenvalue weighted by atomic mass is 19.1. The van der Waals surface area contributed by atoms with E-state index in [0.717, 1.165) is 10.8 Å². The van der Waals surface area contributed by atoms with Crippen LogP contribution in [0.3, 0.4) is 0 Å². The number of pyridine rings is 1. The van der Waals surface area contributed by atoms with Crippen LogP contribution in [0.25, 0.3) is 27.3 Å². The molecule has 1 unspecified atom stereocenters. The maximum absolute atomic E-state index is 13.3. The zero-order valence-corrected chi connectivity index (χ0v) is 16.3. The van der Waals surface area contributed by atoms with Crippen LogP contribution in [0.15, 0.2) is 59.5 Å². The summed E-state index contributed by atoms with van der Waals surface area (Å²) in [6.07, 6.45) is 1.40. The summed E-state index contributed by atoms with van der Waals surface area (Å²) in [6.45, 7) is 2.14. The lowest BCUT2D eigenvalue weighted by Crippen LogP contribution is -2.34. The number of likely N-dealkylation sites (tertiary alicyclic amines) is 1. The lowest BCUT2D eigenvalue weighted by atomic mass is 10.1. The average molecular weight is 404 g/mol. The molecule has 1 N–H and O–H groups in total. The molecule has 4 aromatic rings. The number of halogens is 1. The van der Waals surface area contributed by atoms with Crippen LogP contribution in [0.5, 0.6) is 0 Å². The van der Waals surface area contributed by atoms with E-state index in [-0.39, 0.29) is 11.5 Å². The highest BCUT2D eigenvalue weighted by Crippen LogP contribution is 2.20. The summed E-state index contributed by atoms with van der Waals surface area (Å²) in [5.41, 5.74) is 1.02. The van der Waals surface area contributed by atoms with Crippen molar-refractivity contribution in [3.8, 4) is 0 Å². The molecule has 1 amide bonds. The standard InChI is InChI=1S/C23H21FN4O2/c24-17-7-10-27(14-17)11-8-25-22(29)18-6-3-9-28-21(18)26-20-13-16-5-2-1-4-15(16)12-19(20)23(28)30/h1-6,9,12-13,17H,7-8,10-11,14H2,(H,25,29). The normalized spacial score (nSPS) is 17.2. The van der Waals surface area contributed by atoms with Crippen molar-refractivity contribution in [3.05, 3.63) is 70.6 Å². The molecule has 0 saturated carbocycles. The molecule has 1 aliphatic heterocycles. The summed E-state index contributed by atoms with van der Waals surface area (Å²) in [6, 6.07) is 14.8. The highest BCUT2D eigenvalue weighted by molar-refractivity contribution is 6.02. The van der Waals surface area contributed by atoms with Crippen molar-refractivity contribution in [1.29, 1.82) is 0 Å². The first-order chi connectivity index (χ1) is 14.6. The Morgan fingerprint density at radius 1 is 1.17 bits per heavy atom. The number of nitrogens with zero attached hydrogens (tertiary/aromatic N) is 3. The van der Waals surface area contributed by atoms with Gasteiger partial charge in [0, 0.05) is 32.4 Å². The van der Waals surface area contributed by atoms with Crippen LogP contribution >= 0.6 is 0 Å². The molecule has 2 aromatic heterocycles. The van der Waals surface area contributed by atoms with E-state index < -0.39 is 6.17 Å². The van der Waals surface area contributed by atoms with Crippen molar-refractivity contribution in [1.82, 2.24) is 19.6 Å². The van der Waals surface area contributed by atoms with Crippen LogP contribution < -0.4 is 10.9 Å². The third-order valence-corrected chi connectivity index (χ3v) is 5.68. The molecule has 0 radical (unpaired) electrons. The molecule has 7 heteroatoms. The van der Waals surface area contributed by atoms with Crippen molar-refractivity contribution in [2.24, 2.45) is 0 Å². The van der Waals surface area contributed by atoms with Crippen LogP contribution in [0.4, 0.5) is 4.39 Å². The van der Waals surface area contributed by atoms with E-state index in [2.05, 4.69) is 10.3 Å². The van der Waals surface area contributed by atoms with Crippen molar-refractivity contribution in [2.45, 2.75) is 12.6 Å². The minimum absolute atomic E-state index is 0.207. The van der Waals surface area contributed by atoms with Crippen LogP contribution in [0.1, 0.15) is 16.8 Å². The van der Waals surface area contributed by atoms with E-state index in [1.54, 1.807) is 18.3 Å². The minimum Gasteiger partial charge on any atom is -0.351 e. The Labute approximate surface area is 171 Å². The average Bonchev–Trinajstić information content (AvgIpc) is 3.17. The molecule has 3 heterocycles. The Hall–Kier alpha value is -3.32. The van der Waals surface area contributed by atoms with E-state index in [1.807, 2.05) is 41.3 Å². The van der Waals surface area contributed by atoms with E-state index in [0.29, 0.717) is 54.7 Å². The molecule has 30 heavy (non-hydrogen) atoms. The Morgan fingerprint density at radius 2 is 1.97 bits per heavy atom. The molecule has 0 spiro atoms. The topological polar surface area (TPSA) is 66.7 Å². The van der Waals surface area contributed by atoms with E-state index in [9.17, 15) is 14.0 Å². The fraction of sp³-hybridized carbons (Fsp3) is 0.261. The van der Waals surface area contributed by atoms with Gasteiger partial charge in [-0.1, -0.05) is 24.3 Å². The Bertz CT molecular complexity index is 1330. The number of hydrogen-bond donors (Lipinski definition) is 1. The summed E-state index contributed by atoms with van der Waals surface area (Å²) in [5, 5.41) is 5.34. The van der Waals surface area contributed by atoms with Gasteiger partial charge in [-0.15, -0.1) is 0 Å². The second-order valence-corrected chi connectivity index (χ2v) is 7.69. The number of hydrogen-bond acceptors (Lipinski definition) is 4. The number of nitrogens with one attached hydrogen (secondary N) is 1. The Kier molecular flexibility index (Phi) is 4.67. The van der Waals surface area contributed by atoms with Crippen LogP contribution in [0, 0.1) is 0 Å². The quantitative estimate of drug-likeness (QED) is 0.531. The number of rotatable bonds is 4. The van der Waals surface area contributed by atoms with Gasteiger partial charge >= 0.3 is 0 Å². The summed E-state index contributed by atoms with van der Waals surface area (Å²) in [5.74, 6) is -0.295. The molecule has 1 fully saturated rings. The maximum atomic E-state index is 13.3. The molecule has 1 saturated heterocycles. The fourth-order valence-electron chi connectivity index (χ4n) is 4.10. The van der Waals surface area contributed by atoms with E-state index in [4.69, 9.17) is 0 Å². The van der Waals surface area contributed by atoms with E-state index >= 15 is 0 Å². The lowest BCUT2D eigenvalue weighted by Gasteiger charge is -2.15. The number of alkyl halides is 1. The third-order valence-electron chi connectivity index (χ3n) is 5.68. The number of fused-ring (bicyclic) bond motifs is 3. The predicted molar refractivity (Wildman–Crippen MR) is 115 cm³/mol. The van der Waals surface area contributed by atoms with Gasteiger partial charge in [0.2, 0.25) is 0 Å². The smallest absolute Gasteiger partial charge is 0.265 e. The number of aromatic nitrogens is 2. The molecule has 1 atom stereocenters. The fourth-order valence-corrected chi connectivity index (χ4v) is 4.10. The highest BCUT2D eigenvalue weighted by Gasteiger charge is 2.21. The molecule has 2 aromatic carbocycles. The van der Waals surface area contributed by atoms with Crippen molar-refractivity contribution >= 4 is 33.2 Å². The molecule has 1 aliphatic rings. The van der Waals surface area contributed by atoms with Crippen molar-refractivity contribution < 1.29 is 9.18 Å². The van der Waals surface area contributed by atoms with Gasteiger partial charge in [-0.05, 0) is 41.5 Å². The SMILES string of the molecule is O=C(NCCN1CCC(F)C1)c1cccn2c(=O)c3cc4ccccc4cc3nc12. The van der Waals surface area contributed by atoms with Crippen LogP contribution in [-0.2, 0) is 0 Å². The first kappa shape index (κ1) is 18.7. The number of carbonyl (C=O) groups is 1. The predicted octanol–water partition coefficient (Wildman–Crippen LogP) is 2.77. The first-order valence-electron chi connectivity index (χ1n) is 10.1. The maximum Gasteiger partial charge on any atom is 0.265 e. The van der Waals surface area contributed by atoms with Crippen LogP contribution in [-0.4, -0.2) is 52.5 Å².